The molecular formula is C30H31ClF3N3O5. The van der Waals surface area contributed by atoms with Crippen LogP contribution in [0.5, 0.6) is 0 Å². The van der Waals surface area contributed by atoms with Gasteiger partial charge in [0.15, 0.2) is 17.5 Å². The lowest BCUT2D eigenvalue weighted by atomic mass is 9.68. The average Bonchev–Trinajstić information content (AvgIpc) is 3.46. The van der Waals surface area contributed by atoms with Gasteiger partial charge < -0.3 is 14.6 Å². The summed E-state index contributed by atoms with van der Waals surface area (Å²) < 4.78 is 47.5. The van der Waals surface area contributed by atoms with Crippen LogP contribution < -0.4 is 5.32 Å². The van der Waals surface area contributed by atoms with Crippen LogP contribution in [0.1, 0.15) is 92.3 Å². The molecule has 224 valence electrons. The number of Topliss-reactive ketones (excluding diaryl/α,β-unsaturated/α-hetero) is 2. The molecule has 1 aliphatic carbocycles. The molecule has 0 spiro atoms. The SMILES string of the molecule is CC(C)(C)OC(=O)CC1CCC(C#N)(CC(=O)C(=O)c2c(Cl)c(C(=O)Nc3cc(F)c(F)c(F)c3)c3n2CCC3)CC1. The first-order valence-corrected chi connectivity index (χ1v) is 14.1. The Bertz CT molecular complexity index is 1470. The van der Waals surface area contributed by atoms with Crippen molar-refractivity contribution in [2.45, 2.75) is 84.3 Å². The number of esters is 1. The van der Waals surface area contributed by atoms with Gasteiger partial charge in [0.25, 0.3) is 5.91 Å². The fourth-order valence-electron chi connectivity index (χ4n) is 5.72. The molecule has 8 nitrogen and oxygen atoms in total. The number of nitrogens with zero attached hydrogens (tertiary/aromatic N) is 2. The van der Waals surface area contributed by atoms with Crippen LogP contribution in [0.25, 0.3) is 0 Å². The number of nitriles is 1. The summed E-state index contributed by atoms with van der Waals surface area (Å²) in [6, 6.07) is 3.44. The molecule has 1 N–H and O–H groups in total. The minimum absolute atomic E-state index is 0.000371. The van der Waals surface area contributed by atoms with Crippen molar-refractivity contribution in [1.82, 2.24) is 4.57 Å². The fourth-order valence-corrected chi connectivity index (χ4v) is 6.10. The number of aromatic nitrogens is 1. The Hall–Kier alpha value is -3.65. The molecule has 1 aromatic carbocycles. The van der Waals surface area contributed by atoms with Crippen LogP contribution in [0, 0.1) is 40.1 Å². The van der Waals surface area contributed by atoms with Crippen LogP contribution in [0.15, 0.2) is 12.1 Å². The van der Waals surface area contributed by atoms with Crippen LogP contribution in [0.3, 0.4) is 0 Å². The van der Waals surface area contributed by atoms with E-state index in [4.69, 9.17) is 16.3 Å². The highest BCUT2D eigenvalue weighted by Crippen LogP contribution is 2.43. The van der Waals surface area contributed by atoms with E-state index in [1.807, 2.05) is 0 Å². The summed E-state index contributed by atoms with van der Waals surface area (Å²) in [6.07, 6.45) is 2.48. The van der Waals surface area contributed by atoms with Crippen LogP contribution in [-0.2, 0) is 27.3 Å². The highest BCUT2D eigenvalue weighted by Gasteiger charge is 2.41. The third-order valence-corrected chi connectivity index (χ3v) is 8.09. The molecule has 1 saturated carbocycles. The highest BCUT2D eigenvalue weighted by molar-refractivity contribution is 6.48. The number of nitrogens with one attached hydrogen (secondary N) is 1. The zero-order valence-electron chi connectivity index (χ0n) is 23.5. The number of carbonyl (C=O) groups is 4. The molecule has 0 radical (unpaired) electrons. The summed E-state index contributed by atoms with van der Waals surface area (Å²) in [6.45, 7) is 5.66. The largest absolute Gasteiger partial charge is 0.460 e. The normalized spacial score (nSPS) is 20.0. The Morgan fingerprint density at radius 1 is 1.14 bits per heavy atom. The molecule has 12 heteroatoms. The molecule has 0 saturated heterocycles. The lowest BCUT2D eigenvalue weighted by Crippen LogP contribution is -2.33. The first kappa shape index (κ1) is 31.3. The quantitative estimate of drug-likeness (QED) is 0.163. The van der Waals surface area contributed by atoms with Gasteiger partial charge in [-0.3, -0.25) is 19.2 Å². The average molecular weight is 606 g/mol. The molecule has 2 aliphatic rings. The molecular weight excluding hydrogens is 575 g/mol. The zero-order chi connectivity index (χ0) is 31.0. The standard InChI is InChI=1S/C30H31ClF3N3O5/c1-29(2,3)42-22(39)11-16-6-8-30(15-35,9-7-16)14-21(38)27(40)26-24(31)23(20-5-4-10-37(20)26)28(41)36-17-12-18(32)25(34)19(33)13-17/h12-13,16H,4-11,14H2,1-3H3,(H,36,41). The second-order valence-electron chi connectivity index (χ2n) is 12.0. The van der Waals surface area contributed by atoms with Gasteiger partial charge >= 0.3 is 5.97 Å². The Kier molecular flexibility index (Phi) is 8.88. The lowest BCUT2D eigenvalue weighted by Gasteiger charge is -2.34. The van der Waals surface area contributed by atoms with E-state index in [9.17, 15) is 37.6 Å². The Balaban J connectivity index is 1.49. The van der Waals surface area contributed by atoms with E-state index in [0.717, 1.165) is 0 Å². The molecule has 2 heterocycles. The Labute approximate surface area is 246 Å². The second-order valence-corrected chi connectivity index (χ2v) is 12.4. The number of ether oxygens (including phenoxy) is 1. The van der Waals surface area contributed by atoms with Gasteiger partial charge in [-0.25, -0.2) is 13.2 Å². The van der Waals surface area contributed by atoms with Gasteiger partial charge in [-0.05, 0) is 65.2 Å². The smallest absolute Gasteiger partial charge is 0.306 e. The maximum Gasteiger partial charge on any atom is 0.306 e. The van der Waals surface area contributed by atoms with Crippen molar-refractivity contribution >= 4 is 40.7 Å². The van der Waals surface area contributed by atoms with Gasteiger partial charge in [0.1, 0.15) is 11.3 Å². The molecule has 0 bridgehead atoms. The van der Waals surface area contributed by atoms with Crippen molar-refractivity contribution < 1.29 is 37.1 Å². The van der Waals surface area contributed by atoms with E-state index in [2.05, 4.69) is 11.4 Å². The van der Waals surface area contributed by atoms with Crippen molar-refractivity contribution in [3.63, 3.8) is 0 Å². The molecule has 1 aliphatic heterocycles. The van der Waals surface area contributed by atoms with Gasteiger partial charge in [-0.1, -0.05) is 11.6 Å². The fraction of sp³-hybridized carbons (Fsp3) is 0.500. The predicted octanol–water partition coefficient (Wildman–Crippen LogP) is 6.33. The number of carbonyl (C=O) groups excluding carboxylic acids is 4. The van der Waals surface area contributed by atoms with Gasteiger partial charge in [-0.2, -0.15) is 5.26 Å². The molecule has 42 heavy (non-hydrogen) atoms. The number of ketones is 2. The summed E-state index contributed by atoms with van der Waals surface area (Å²) in [5, 5.41) is 12.0. The van der Waals surface area contributed by atoms with Crippen LogP contribution in [0.4, 0.5) is 18.9 Å². The van der Waals surface area contributed by atoms with Gasteiger partial charge in [0.05, 0.1) is 22.1 Å². The van der Waals surface area contributed by atoms with Crippen molar-refractivity contribution in [1.29, 1.82) is 5.26 Å². The Morgan fingerprint density at radius 2 is 1.76 bits per heavy atom. The number of halogens is 4. The maximum absolute atomic E-state index is 13.7. The highest BCUT2D eigenvalue weighted by atomic mass is 35.5. The first-order valence-electron chi connectivity index (χ1n) is 13.7. The lowest BCUT2D eigenvalue weighted by molar-refractivity contribution is -0.156. The number of hydrogen-bond acceptors (Lipinski definition) is 6. The van der Waals surface area contributed by atoms with Crippen LogP contribution >= 0.6 is 11.6 Å². The van der Waals surface area contributed by atoms with E-state index in [-0.39, 0.29) is 46.7 Å². The summed E-state index contributed by atoms with van der Waals surface area (Å²) in [5.41, 5.74) is -1.95. The number of fused-ring (bicyclic) bond motifs is 1. The number of amides is 1. The Morgan fingerprint density at radius 3 is 2.33 bits per heavy atom. The molecule has 1 aromatic heterocycles. The summed E-state index contributed by atoms with van der Waals surface area (Å²) >= 11 is 6.49. The van der Waals surface area contributed by atoms with Crippen molar-refractivity contribution in [2.24, 2.45) is 11.3 Å². The van der Waals surface area contributed by atoms with E-state index in [0.29, 0.717) is 62.9 Å². The van der Waals surface area contributed by atoms with Gasteiger partial charge in [0.2, 0.25) is 11.6 Å². The topological polar surface area (TPSA) is 118 Å². The molecule has 1 amide bonds. The van der Waals surface area contributed by atoms with Crippen LogP contribution in [0.2, 0.25) is 5.02 Å². The zero-order valence-corrected chi connectivity index (χ0v) is 24.3. The molecule has 4 rings (SSSR count). The second kappa shape index (κ2) is 11.9. The third kappa shape index (κ3) is 6.54. The third-order valence-electron chi connectivity index (χ3n) is 7.72. The number of rotatable bonds is 8. The molecule has 2 aromatic rings. The summed E-state index contributed by atoms with van der Waals surface area (Å²) in [5.74, 6) is -7.64. The monoisotopic (exact) mass is 605 g/mol. The van der Waals surface area contributed by atoms with E-state index < -0.39 is 45.9 Å². The van der Waals surface area contributed by atoms with Crippen molar-refractivity contribution in [3.05, 3.63) is 51.6 Å². The molecule has 1 fully saturated rings. The molecule has 0 atom stereocenters. The van der Waals surface area contributed by atoms with E-state index in [1.54, 1.807) is 20.8 Å². The summed E-state index contributed by atoms with van der Waals surface area (Å²) in [7, 11) is 0. The minimum atomic E-state index is -1.69. The van der Waals surface area contributed by atoms with Gasteiger partial charge in [-0.15, -0.1) is 0 Å². The van der Waals surface area contributed by atoms with E-state index in [1.165, 1.54) is 4.57 Å². The van der Waals surface area contributed by atoms with E-state index >= 15 is 0 Å². The summed E-state index contributed by atoms with van der Waals surface area (Å²) in [4.78, 5) is 52.0. The van der Waals surface area contributed by atoms with Crippen LogP contribution in [-0.4, -0.2) is 33.6 Å². The van der Waals surface area contributed by atoms with Gasteiger partial charge in [0, 0.05) is 42.9 Å². The number of benzene rings is 1. The van der Waals surface area contributed by atoms with Crippen molar-refractivity contribution in [3.8, 4) is 6.07 Å². The van der Waals surface area contributed by atoms with Crippen molar-refractivity contribution in [2.75, 3.05) is 5.32 Å². The number of hydrogen-bond donors (Lipinski definition) is 1. The molecule has 0 unspecified atom stereocenters. The first-order chi connectivity index (χ1) is 19.6. The minimum Gasteiger partial charge on any atom is -0.460 e. The predicted molar refractivity (Wildman–Crippen MR) is 146 cm³/mol. The number of anilines is 1. The maximum atomic E-state index is 13.7.